The fourth-order valence-electron chi connectivity index (χ4n) is 0.542. The second-order valence-electron chi connectivity index (χ2n) is 1.72. The van der Waals surface area contributed by atoms with Gasteiger partial charge in [-0.15, -0.1) is 0 Å². The molecule has 4 heteroatoms. The molecule has 0 saturated carbocycles. The molecule has 0 radical (unpaired) electrons. The number of aromatic hydroxyl groups is 1. The van der Waals surface area contributed by atoms with Gasteiger partial charge in [-0.1, -0.05) is 15.9 Å². The van der Waals surface area contributed by atoms with Crippen LogP contribution in [0.3, 0.4) is 0 Å². The molecule has 54 valence electrons. The monoisotopic (exact) mass is 328 g/mol. The maximum Gasteiger partial charge on any atom is 0.132 e. The number of hydrogen-bond acceptors (Lipinski definition) is 1. The Bertz CT molecular complexity index is 236. The molecule has 10 heavy (non-hydrogen) atoms. The van der Waals surface area contributed by atoms with Crippen molar-refractivity contribution in [2.24, 2.45) is 0 Å². The zero-order chi connectivity index (χ0) is 7.72. The van der Waals surface area contributed by atoms with E-state index in [1.54, 1.807) is 6.07 Å². The van der Waals surface area contributed by atoms with Gasteiger partial charge in [0.25, 0.3) is 0 Å². The molecule has 0 unspecified atom stereocenters. The molecule has 0 aliphatic heterocycles. The minimum atomic E-state index is 0.223. The number of rotatable bonds is 0. The van der Waals surface area contributed by atoms with E-state index in [1.165, 1.54) is 0 Å². The summed E-state index contributed by atoms with van der Waals surface area (Å²) in [5.41, 5.74) is 0. The highest BCUT2D eigenvalue weighted by molar-refractivity contribution is 9.13. The molecule has 0 spiro atoms. The number of halogens is 3. The summed E-state index contributed by atoms with van der Waals surface area (Å²) in [5.74, 6) is 0.223. The molecule has 1 N–H and O–H groups in total. The Kier molecular flexibility index (Phi) is 2.77. The van der Waals surface area contributed by atoms with Crippen LogP contribution in [-0.2, 0) is 0 Å². The van der Waals surface area contributed by atoms with Crippen LogP contribution in [0.25, 0.3) is 0 Å². The average Bonchev–Trinajstić information content (AvgIpc) is 1.82. The Morgan fingerprint density at radius 3 is 2.20 bits per heavy atom. The van der Waals surface area contributed by atoms with Gasteiger partial charge < -0.3 is 5.11 Å². The first-order valence-corrected chi connectivity index (χ1v) is 4.82. The lowest BCUT2D eigenvalue weighted by atomic mass is 10.3. The molecule has 0 heterocycles. The fourth-order valence-corrected chi connectivity index (χ4v) is 1.97. The first-order chi connectivity index (χ1) is 4.61. The van der Waals surface area contributed by atoms with Gasteiger partial charge in [0, 0.05) is 8.95 Å². The van der Waals surface area contributed by atoms with E-state index in [-0.39, 0.29) is 5.75 Å². The highest BCUT2D eigenvalue weighted by Gasteiger charge is 2.02. The van der Waals surface area contributed by atoms with Crippen LogP contribution in [0.5, 0.6) is 5.75 Å². The van der Waals surface area contributed by atoms with Crippen LogP contribution in [0.15, 0.2) is 25.6 Å². The summed E-state index contributed by atoms with van der Waals surface area (Å²) >= 11 is 9.69. The summed E-state index contributed by atoms with van der Waals surface area (Å²) in [4.78, 5) is 0. The SMILES string of the molecule is Oc1cc(Br)cc(Br)c1Br. The van der Waals surface area contributed by atoms with Crippen LogP contribution in [0, 0.1) is 0 Å². The molecular weight excluding hydrogens is 328 g/mol. The third kappa shape index (κ3) is 1.74. The first-order valence-electron chi connectivity index (χ1n) is 2.45. The van der Waals surface area contributed by atoms with E-state index in [1.807, 2.05) is 6.07 Å². The predicted octanol–water partition coefficient (Wildman–Crippen LogP) is 3.68. The summed E-state index contributed by atoms with van der Waals surface area (Å²) in [6, 6.07) is 3.47. The van der Waals surface area contributed by atoms with Gasteiger partial charge in [-0.25, -0.2) is 0 Å². The number of phenols is 1. The smallest absolute Gasteiger partial charge is 0.132 e. The Hall–Kier alpha value is 0.460. The number of benzene rings is 1. The molecule has 0 saturated heterocycles. The van der Waals surface area contributed by atoms with Gasteiger partial charge >= 0.3 is 0 Å². The van der Waals surface area contributed by atoms with Gasteiger partial charge in [-0.2, -0.15) is 0 Å². The van der Waals surface area contributed by atoms with Crippen molar-refractivity contribution in [1.29, 1.82) is 0 Å². The van der Waals surface area contributed by atoms with Crippen molar-refractivity contribution in [2.45, 2.75) is 0 Å². The lowest BCUT2D eigenvalue weighted by molar-refractivity contribution is 0.471. The van der Waals surface area contributed by atoms with Crippen molar-refractivity contribution in [3.63, 3.8) is 0 Å². The Labute approximate surface area is 83.8 Å². The van der Waals surface area contributed by atoms with Crippen molar-refractivity contribution >= 4 is 47.8 Å². The van der Waals surface area contributed by atoms with E-state index in [4.69, 9.17) is 0 Å². The molecule has 0 bridgehead atoms. The summed E-state index contributed by atoms with van der Waals surface area (Å²) in [6.45, 7) is 0. The summed E-state index contributed by atoms with van der Waals surface area (Å²) in [5, 5.41) is 9.17. The van der Waals surface area contributed by atoms with Crippen molar-refractivity contribution in [3.8, 4) is 5.75 Å². The lowest BCUT2D eigenvalue weighted by Crippen LogP contribution is -1.72. The molecule has 1 nitrogen and oxygen atoms in total. The van der Waals surface area contributed by atoms with E-state index in [9.17, 15) is 5.11 Å². The lowest BCUT2D eigenvalue weighted by Gasteiger charge is -1.99. The molecule has 1 rings (SSSR count). The first kappa shape index (κ1) is 8.56. The molecular formula is C6H3Br3O. The minimum Gasteiger partial charge on any atom is -0.507 e. The van der Waals surface area contributed by atoms with E-state index in [0.29, 0.717) is 4.47 Å². The van der Waals surface area contributed by atoms with Gasteiger partial charge in [0.2, 0.25) is 0 Å². The zero-order valence-electron chi connectivity index (χ0n) is 4.74. The molecule has 0 atom stereocenters. The normalized spacial score (nSPS) is 9.90. The van der Waals surface area contributed by atoms with Crippen LogP contribution >= 0.6 is 47.8 Å². The standard InChI is InChI=1S/C6H3Br3O/c7-3-1-4(8)6(9)5(10)2-3/h1-2,10H. The third-order valence-corrected chi connectivity index (χ3v) is 3.42. The van der Waals surface area contributed by atoms with Crippen LogP contribution in [0.2, 0.25) is 0 Å². The minimum absolute atomic E-state index is 0.223. The summed E-state index contributed by atoms with van der Waals surface area (Å²) < 4.78 is 2.36. The van der Waals surface area contributed by atoms with Gasteiger partial charge in [0.05, 0.1) is 4.47 Å². The van der Waals surface area contributed by atoms with Crippen LogP contribution in [0.1, 0.15) is 0 Å². The fraction of sp³-hybridized carbons (Fsp3) is 0. The highest BCUT2D eigenvalue weighted by atomic mass is 79.9. The maximum absolute atomic E-state index is 9.17. The molecule has 1 aromatic carbocycles. The van der Waals surface area contributed by atoms with E-state index in [2.05, 4.69) is 47.8 Å². The maximum atomic E-state index is 9.17. The second kappa shape index (κ2) is 3.24. The summed E-state index contributed by atoms with van der Waals surface area (Å²) in [6.07, 6.45) is 0. The van der Waals surface area contributed by atoms with Gasteiger partial charge in [-0.05, 0) is 44.0 Å². The van der Waals surface area contributed by atoms with Crippen molar-refractivity contribution in [3.05, 3.63) is 25.6 Å². The van der Waals surface area contributed by atoms with E-state index >= 15 is 0 Å². The average molecular weight is 331 g/mol. The quantitative estimate of drug-likeness (QED) is 0.719. The topological polar surface area (TPSA) is 20.2 Å². The van der Waals surface area contributed by atoms with E-state index in [0.717, 1.165) is 8.95 Å². The number of phenolic OH excluding ortho intramolecular Hbond substituents is 1. The predicted molar refractivity (Wildman–Crippen MR) is 51.2 cm³/mol. The van der Waals surface area contributed by atoms with Crippen molar-refractivity contribution in [1.82, 2.24) is 0 Å². The number of hydrogen-bond donors (Lipinski definition) is 1. The molecule has 0 aromatic heterocycles. The molecule has 0 fully saturated rings. The van der Waals surface area contributed by atoms with Gasteiger partial charge in [0.1, 0.15) is 5.75 Å². The molecule has 0 amide bonds. The van der Waals surface area contributed by atoms with E-state index < -0.39 is 0 Å². The molecule has 1 aromatic rings. The van der Waals surface area contributed by atoms with Crippen molar-refractivity contribution < 1.29 is 5.11 Å². The van der Waals surface area contributed by atoms with Gasteiger partial charge in [-0.3, -0.25) is 0 Å². The Morgan fingerprint density at radius 2 is 1.70 bits per heavy atom. The molecule has 0 aliphatic rings. The third-order valence-electron chi connectivity index (χ3n) is 0.974. The van der Waals surface area contributed by atoms with Crippen LogP contribution in [-0.4, -0.2) is 5.11 Å². The Morgan fingerprint density at radius 1 is 1.10 bits per heavy atom. The second-order valence-corrected chi connectivity index (χ2v) is 4.28. The van der Waals surface area contributed by atoms with Crippen LogP contribution in [0.4, 0.5) is 0 Å². The van der Waals surface area contributed by atoms with Crippen molar-refractivity contribution in [2.75, 3.05) is 0 Å². The van der Waals surface area contributed by atoms with Gasteiger partial charge in [0.15, 0.2) is 0 Å². The largest absolute Gasteiger partial charge is 0.507 e. The zero-order valence-corrected chi connectivity index (χ0v) is 9.49. The van der Waals surface area contributed by atoms with Crippen LogP contribution < -0.4 is 0 Å². The highest BCUT2D eigenvalue weighted by Crippen LogP contribution is 2.34. The molecule has 0 aliphatic carbocycles. The summed E-state index contributed by atoms with van der Waals surface area (Å²) in [7, 11) is 0. The Balaban J connectivity index is 3.31.